The van der Waals surface area contributed by atoms with Crippen LogP contribution in [0.2, 0.25) is 0 Å². The van der Waals surface area contributed by atoms with Gasteiger partial charge in [0.05, 0.1) is 0 Å². The summed E-state index contributed by atoms with van der Waals surface area (Å²) >= 11 is 0. The van der Waals surface area contributed by atoms with Gasteiger partial charge >= 0.3 is 0 Å². The highest BCUT2D eigenvalue weighted by atomic mass is 14.1. The summed E-state index contributed by atoms with van der Waals surface area (Å²) in [5.41, 5.74) is 6.16. The normalized spacial score (nSPS) is 11.8. The Bertz CT molecular complexity index is 740. The van der Waals surface area contributed by atoms with Crippen molar-refractivity contribution in [1.82, 2.24) is 0 Å². The van der Waals surface area contributed by atoms with Gasteiger partial charge in [0.1, 0.15) is 0 Å². The van der Waals surface area contributed by atoms with Crippen molar-refractivity contribution in [3.8, 4) is 11.1 Å². The average molecular weight is 312 g/mol. The van der Waals surface area contributed by atoms with Gasteiger partial charge < -0.3 is 0 Å². The molecule has 0 amide bonds. The van der Waals surface area contributed by atoms with Crippen LogP contribution in [-0.2, 0) is 6.42 Å². The quantitative estimate of drug-likeness (QED) is 0.476. The SMILES string of the molecule is C=C/C=C(C=C)/C(=C/C=C)CCc1ccc(-c2ccccc2)cc1. The molecule has 0 atom stereocenters. The largest absolute Gasteiger partial charge is 0.0991 e. The number of rotatable bonds is 8. The van der Waals surface area contributed by atoms with E-state index in [2.05, 4.69) is 74.3 Å². The van der Waals surface area contributed by atoms with E-state index in [1.807, 2.05) is 24.3 Å². The summed E-state index contributed by atoms with van der Waals surface area (Å²) in [6.07, 6.45) is 11.5. The zero-order valence-corrected chi connectivity index (χ0v) is 14.1. The fourth-order valence-electron chi connectivity index (χ4n) is 2.67. The van der Waals surface area contributed by atoms with Crippen LogP contribution in [-0.4, -0.2) is 0 Å². The predicted octanol–water partition coefficient (Wildman–Crippen LogP) is 6.70. The summed E-state index contributed by atoms with van der Waals surface area (Å²) in [6.45, 7) is 11.5. The first-order valence-electron chi connectivity index (χ1n) is 8.20. The zero-order valence-electron chi connectivity index (χ0n) is 14.1. The maximum atomic E-state index is 3.89. The number of allylic oxidation sites excluding steroid dienone is 7. The van der Waals surface area contributed by atoms with Crippen LogP contribution in [0.25, 0.3) is 11.1 Å². The molecule has 2 aromatic rings. The van der Waals surface area contributed by atoms with E-state index in [0.29, 0.717) is 0 Å². The van der Waals surface area contributed by atoms with Crippen molar-refractivity contribution in [2.45, 2.75) is 12.8 Å². The summed E-state index contributed by atoms with van der Waals surface area (Å²) in [4.78, 5) is 0. The number of hydrogen-bond donors (Lipinski definition) is 0. The van der Waals surface area contributed by atoms with Crippen LogP contribution < -0.4 is 0 Å². The smallest absolute Gasteiger partial charge is 0.0184 e. The Labute approximate surface area is 145 Å². The Morgan fingerprint density at radius 2 is 1.38 bits per heavy atom. The molecule has 24 heavy (non-hydrogen) atoms. The summed E-state index contributed by atoms with van der Waals surface area (Å²) in [6, 6.07) is 19.2. The Balaban J connectivity index is 2.09. The van der Waals surface area contributed by atoms with E-state index in [-0.39, 0.29) is 0 Å². The second kappa shape index (κ2) is 9.32. The molecule has 0 bridgehead atoms. The van der Waals surface area contributed by atoms with Crippen molar-refractivity contribution >= 4 is 0 Å². The zero-order chi connectivity index (χ0) is 17.2. The van der Waals surface area contributed by atoms with Gasteiger partial charge in [-0.3, -0.25) is 0 Å². The molecule has 0 aliphatic heterocycles. The average Bonchev–Trinajstić information content (AvgIpc) is 2.64. The van der Waals surface area contributed by atoms with Gasteiger partial charge in [0.2, 0.25) is 0 Å². The highest BCUT2D eigenvalue weighted by Crippen LogP contribution is 2.22. The lowest BCUT2D eigenvalue weighted by molar-refractivity contribution is 0.955. The van der Waals surface area contributed by atoms with E-state index >= 15 is 0 Å². The summed E-state index contributed by atoms with van der Waals surface area (Å²) in [5.74, 6) is 0. The van der Waals surface area contributed by atoms with Gasteiger partial charge in [0, 0.05) is 0 Å². The second-order valence-corrected chi connectivity index (χ2v) is 5.55. The van der Waals surface area contributed by atoms with Crippen LogP contribution >= 0.6 is 0 Å². The third kappa shape index (κ3) is 4.82. The molecule has 2 rings (SSSR count). The molecule has 0 heterocycles. The van der Waals surface area contributed by atoms with Gasteiger partial charge in [0.15, 0.2) is 0 Å². The van der Waals surface area contributed by atoms with Crippen LogP contribution in [0.3, 0.4) is 0 Å². The topological polar surface area (TPSA) is 0 Å². The monoisotopic (exact) mass is 312 g/mol. The number of aryl methyl sites for hydroxylation is 1. The third-order valence-corrected chi connectivity index (χ3v) is 3.95. The van der Waals surface area contributed by atoms with Gasteiger partial charge in [-0.05, 0) is 40.7 Å². The fourth-order valence-corrected chi connectivity index (χ4v) is 2.67. The van der Waals surface area contributed by atoms with Crippen molar-refractivity contribution in [2.75, 3.05) is 0 Å². The van der Waals surface area contributed by atoms with Crippen molar-refractivity contribution in [2.24, 2.45) is 0 Å². The Morgan fingerprint density at radius 1 is 0.750 bits per heavy atom. The van der Waals surface area contributed by atoms with Crippen molar-refractivity contribution in [1.29, 1.82) is 0 Å². The molecule has 0 spiro atoms. The number of hydrogen-bond acceptors (Lipinski definition) is 0. The molecular weight excluding hydrogens is 288 g/mol. The lowest BCUT2D eigenvalue weighted by atomic mass is 9.96. The minimum absolute atomic E-state index is 0.947. The molecule has 0 saturated carbocycles. The predicted molar refractivity (Wildman–Crippen MR) is 107 cm³/mol. The van der Waals surface area contributed by atoms with Gasteiger partial charge in [-0.15, -0.1) is 0 Å². The van der Waals surface area contributed by atoms with Crippen LogP contribution in [0.15, 0.2) is 116 Å². The molecular formula is C24H24. The first kappa shape index (κ1) is 17.5. The number of benzene rings is 2. The molecule has 0 aliphatic rings. The van der Waals surface area contributed by atoms with Crippen molar-refractivity contribution < 1.29 is 0 Å². The van der Waals surface area contributed by atoms with E-state index in [0.717, 1.165) is 18.4 Å². The van der Waals surface area contributed by atoms with E-state index < -0.39 is 0 Å². The molecule has 0 fully saturated rings. The summed E-state index contributed by atoms with van der Waals surface area (Å²) in [7, 11) is 0. The minimum Gasteiger partial charge on any atom is -0.0991 e. The maximum absolute atomic E-state index is 3.89. The van der Waals surface area contributed by atoms with E-state index in [1.165, 1.54) is 22.3 Å². The molecule has 0 saturated heterocycles. The van der Waals surface area contributed by atoms with E-state index in [9.17, 15) is 0 Å². The summed E-state index contributed by atoms with van der Waals surface area (Å²) < 4.78 is 0. The fraction of sp³-hybridized carbons (Fsp3) is 0.0833. The first-order valence-corrected chi connectivity index (χ1v) is 8.20. The maximum Gasteiger partial charge on any atom is -0.0184 e. The molecule has 0 aliphatic carbocycles. The van der Waals surface area contributed by atoms with Crippen LogP contribution in [0.5, 0.6) is 0 Å². The standard InChI is InChI=1S/C24H24/c1-4-10-21(6-3)22(11-5-2)17-14-20-15-18-24(19-16-20)23-12-8-7-9-13-23/h4-13,15-16,18-19H,1-3,14,17H2/b21-10+,22-11+. The van der Waals surface area contributed by atoms with Crippen molar-refractivity contribution in [3.05, 3.63) is 121 Å². The van der Waals surface area contributed by atoms with Crippen LogP contribution in [0, 0.1) is 0 Å². The molecule has 0 N–H and O–H groups in total. The second-order valence-electron chi connectivity index (χ2n) is 5.55. The molecule has 0 nitrogen and oxygen atoms in total. The lowest BCUT2D eigenvalue weighted by Crippen LogP contribution is -1.92. The Kier molecular flexibility index (Phi) is 6.79. The van der Waals surface area contributed by atoms with Crippen LogP contribution in [0.1, 0.15) is 12.0 Å². The lowest BCUT2D eigenvalue weighted by Gasteiger charge is -2.09. The van der Waals surface area contributed by atoms with Gasteiger partial charge in [-0.2, -0.15) is 0 Å². The minimum atomic E-state index is 0.947. The molecule has 0 unspecified atom stereocenters. The Hall–Kier alpha value is -2.86. The molecule has 0 radical (unpaired) electrons. The molecule has 2 aromatic carbocycles. The molecule has 0 aromatic heterocycles. The Morgan fingerprint density at radius 3 is 1.96 bits per heavy atom. The van der Waals surface area contributed by atoms with Gasteiger partial charge in [-0.25, -0.2) is 0 Å². The summed E-state index contributed by atoms with van der Waals surface area (Å²) in [5, 5.41) is 0. The van der Waals surface area contributed by atoms with Crippen LogP contribution in [0.4, 0.5) is 0 Å². The third-order valence-electron chi connectivity index (χ3n) is 3.95. The molecule has 0 heteroatoms. The van der Waals surface area contributed by atoms with E-state index in [4.69, 9.17) is 0 Å². The van der Waals surface area contributed by atoms with Gasteiger partial charge in [0.25, 0.3) is 0 Å². The first-order chi connectivity index (χ1) is 11.8. The van der Waals surface area contributed by atoms with Crippen molar-refractivity contribution in [3.63, 3.8) is 0 Å². The highest BCUT2D eigenvalue weighted by Gasteiger charge is 2.03. The van der Waals surface area contributed by atoms with E-state index in [1.54, 1.807) is 6.08 Å². The van der Waals surface area contributed by atoms with Gasteiger partial charge in [-0.1, -0.05) is 105 Å². The molecule has 120 valence electrons. The highest BCUT2D eigenvalue weighted by molar-refractivity contribution is 5.63.